The first-order chi connectivity index (χ1) is 14.7. The van der Waals surface area contributed by atoms with Crippen molar-refractivity contribution in [3.8, 4) is 11.4 Å². The van der Waals surface area contributed by atoms with Crippen LogP contribution in [0, 0.1) is 0 Å². The van der Waals surface area contributed by atoms with Gasteiger partial charge in [-0.1, -0.05) is 11.6 Å². The van der Waals surface area contributed by atoms with Crippen molar-refractivity contribution in [2.75, 3.05) is 23.7 Å². The number of hydrogen-bond donors (Lipinski definition) is 3. The minimum Gasteiger partial charge on any atom is -0.365 e. The van der Waals surface area contributed by atoms with Crippen molar-refractivity contribution in [2.24, 2.45) is 0 Å². The van der Waals surface area contributed by atoms with Crippen LogP contribution in [0.5, 0.6) is 0 Å². The van der Waals surface area contributed by atoms with Gasteiger partial charge in [-0.25, -0.2) is 19.9 Å². The van der Waals surface area contributed by atoms with Crippen LogP contribution in [0.1, 0.15) is 6.42 Å². The molecule has 5 rings (SSSR count). The molecular weight excluding hydrogens is 400 g/mol. The van der Waals surface area contributed by atoms with Gasteiger partial charge in [0.05, 0.1) is 11.7 Å². The molecule has 150 valence electrons. The van der Waals surface area contributed by atoms with Gasteiger partial charge in [0.15, 0.2) is 5.82 Å². The lowest BCUT2D eigenvalue weighted by Gasteiger charge is -2.15. The molecule has 1 saturated heterocycles. The van der Waals surface area contributed by atoms with E-state index in [1.54, 1.807) is 36.9 Å². The molecule has 0 saturated carbocycles. The fourth-order valence-electron chi connectivity index (χ4n) is 3.43. The summed E-state index contributed by atoms with van der Waals surface area (Å²) in [5, 5.41) is 11.7. The minimum absolute atomic E-state index is 0.340. The Morgan fingerprint density at radius 2 is 1.87 bits per heavy atom. The predicted molar refractivity (Wildman–Crippen MR) is 118 cm³/mol. The molecule has 0 bridgehead atoms. The SMILES string of the molecule is Clc1ccnc(Nc2cc(-c3nc(N[C@@H]4CCNC4)c4ccncc4n3)ccn2)c1. The molecule has 0 amide bonds. The van der Waals surface area contributed by atoms with E-state index in [2.05, 4.69) is 30.9 Å². The van der Waals surface area contributed by atoms with Crippen LogP contribution in [-0.4, -0.2) is 44.1 Å². The summed E-state index contributed by atoms with van der Waals surface area (Å²) in [6.45, 7) is 1.92. The van der Waals surface area contributed by atoms with E-state index < -0.39 is 0 Å². The van der Waals surface area contributed by atoms with Crippen LogP contribution in [0.25, 0.3) is 22.3 Å². The highest BCUT2D eigenvalue weighted by molar-refractivity contribution is 6.30. The number of fused-ring (bicyclic) bond motifs is 1. The maximum Gasteiger partial charge on any atom is 0.162 e. The molecule has 1 aliphatic rings. The maximum atomic E-state index is 6.04. The van der Waals surface area contributed by atoms with Gasteiger partial charge in [0.1, 0.15) is 17.5 Å². The quantitative estimate of drug-likeness (QED) is 0.451. The van der Waals surface area contributed by atoms with Gasteiger partial charge in [-0.15, -0.1) is 0 Å². The zero-order valence-corrected chi connectivity index (χ0v) is 16.8. The molecule has 0 aromatic carbocycles. The molecule has 8 nitrogen and oxygen atoms in total. The standard InChI is InChI=1S/C21H19ClN8/c22-14-2-8-26-19(10-14)29-18-9-13(1-7-25-18)20-28-17-12-24-6-4-16(17)21(30-20)27-15-3-5-23-11-15/h1-2,4,6-10,12,15,23H,3,5,11H2,(H,25,26,29)(H,27,28,30)/t15-/m1/s1. The van der Waals surface area contributed by atoms with Gasteiger partial charge in [-0.2, -0.15) is 0 Å². The van der Waals surface area contributed by atoms with E-state index in [0.717, 1.165) is 41.8 Å². The zero-order chi connectivity index (χ0) is 20.3. The summed E-state index contributed by atoms with van der Waals surface area (Å²) >= 11 is 6.04. The van der Waals surface area contributed by atoms with E-state index in [-0.39, 0.29) is 0 Å². The number of aromatic nitrogens is 5. The number of pyridine rings is 3. The first kappa shape index (κ1) is 18.7. The highest BCUT2D eigenvalue weighted by atomic mass is 35.5. The van der Waals surface area contributed by atoms with E-state index in [1.807, 2.05) is 18.2 Å². The molecule has 5 heterocycles. The Hall–Kier alpha value is -3.36. The van der Waals surface area contributed by atoms with Gasteiger partial charge >= 0.3 is 0 Å². The minimum atomic E-state index is 0.340. The molecular formula is C21H19ClN8. The Labute approximate surface area is 178 Å². The predicted octanol–water partition coefficient (Wildman–Crippen LogP) is 3.65. The summed E-state index contributed by atoms with van der Waals surface area (Å²) in [5.74, 6) is 2.67. The van der Waals surface area contributed by atoms with Gasteiger partial charge in [-0.3, -0.25) is 4.98 Å². The van der Waals surface area contributed by atoms with E-state index in [4.69, 9.17) is 21.6 Å². The fraction of sp³-hybridized carbons (Fsp3) is 0.190. The molecule has 0 unspecified atom stereocenters. The summed E-state index contributed by atoms with van der Waals surface area (Å²) in [5.41, 5.74) is 1.63. The summed E-state index contributed by atoms with van der Waals surface area (Å²) in [4.78, 5) is 22.4. The molecule has 0 aliphatic carbocycles. The van der Waals surface area contributed by atoms with Gasteiger partial charge in [-0.05, 0) is 43.3 Å². The third-order valence-corrected chi connectivity index (χ3v) is 5.13. The first-order valence-electron chi connectivity index (χ1n) is 9.69. The number of nitrogens with one attached hydrogen (secondary N) is 3. The van der Waals surface area contributed by atoms with Crippen LogP contribution < -0.4 is 16.0 Å². The maximum absolute atomic E-state index is 6.04. The van der Waals surface area contributed by atoms with Gasteiger partial charge in [0.2, 0.25) is 0 Å². The van der Waals surface area contributed by atoms with Crippen molar-refractivity contribution in [1.82, 2.24) is 30.2 Å². The average Bonchev–Trinajstić information content (AvgIpc) is 3.27. The second-order valence-electron chi connectivity index (χ2n) is 7.04. The van der Waals surface area contributed by atoms with Crippen molar-refractivity contribution >= 4 is 40.0 Å². The van der Waals surface area contributed by atoms with Crippen molar-refractivity contribution < 1.29 is 0 Å². The summed E-state index contributed by atoms with van der Waals surface area (Å²) < 4.78 is 0. The second kappa shape index (κ2) is 8.17. The number of hydrogen-bond acceptors (Lipinski definition) is 8. The molecule has 1 atom stereocenters. The van der Waals surface area contributed by atoms with Gasteiger partial charge in [0.25, 0.3) is 0 Å². The number of halogens is 1. The normalized spacial score (nSPS) is 16.0. The Kier molecular flexibility index (Phi) is 5.08. The van der Waals surface area contributed by atoms with Crippen molar-refractivity contribution in [1.29, 1.82) is 0 Å². The van der Waals surface area contributed by atoms with Crippen LogP contribution in [0.3, 0.4) is 0 Å². The molecule has 3 N–H and O–H groups in total. The third-order valence-electron chi connectivity index (χ3n) is 4.90. The van der Waals surface area contributed by atoms with Crippen molar-refractivity contribution in [3.63, 3.8) is 0 Å². The van der Waals surface area contributed by atoms with Gasteiger partial charge in [0, 0.05) is 47.1 Å². The lowest BCUT2D eigenvalue weighted by Crippen LogP contribution is -2.23. The third kappa shape index (κ3) is 4.00. The number of anilines is 3. The molecule has 1 fully saturated rings. The summed E-state index contributed by atoms with van der Waals surface area (Å²) in [6.07, 6.45) is 7.93. The number of nitrogens with zero attached hydrogens (tertiary/aromatic N) is 5. The molecule has 0 spiro atoms. The summed E-state index contributed by atoms with van der Waals surface area (Å²) in [6, 6.07) is 9.52. The van der Waals surface area contributed by atoms with Crippen LogP contribution >= 0.6 is 11.6 Å². The zero-order valence-electron chi connectivity index (χ0n) is 16.0. The molecule has 4 aromatic rings. The highest BCUT2D eigenvalue weighted by Crippen LogP contribution is 2.27. The Morgan fingerprint density at radius 1 is 1.00 bits per heavy atom. The highest BCUT2D eigenvalue weighted by Gasteiger charge is 2.17. The molecule has 0 radical (unpaired) electrons. The van der Waals surface area contributed by atoms with E-state index >= 15 is 0 Å². The van der Waals surface area contributed by atoms with Crippen molar-refractivity contribution in [2.45, 2.75) is 12.5 Å². The van der Waals surface area contributed by atoms with Crippen LogP contribution in [0.15, 0.2) is 55.1 Å². The number of rotatable bonds is 5. The Balaban J connectivity index is 1.51. The molecule has 30 heavy (non-hydrogen) atoms. The first-order valence-corrected chi connectivity index (χ1v) is 10.1. The fourth-order valence-corrected chi connectivity index (χ4v) is 3.59. The largest absolute Gasteiger partial charge is 0.365 e. The monoisotopic (exact) mass is 418 g/mol. The topological polar surface area (TPSA) is 101 Å². The molecule has 4 aromatic heterocycles. The van der Waals surface area contributed by atoms with Crippen LogP contribution in [0.2, 0.25) is 5.02 Å². The van der Waals surface area contributed by atoms with Crippen LogP contribution in [-0.2, 0) is 0 Å². The Bertz CT molecular complexity index is 1190. The van der Waals surface area contributed by atoms with E-state index in [0.29, 0.717) is 28.5 Å². The van der Waals surface area contributed by atoms with Crippen molar-refractivity contribution in [3.05, 3.63) is 60.1 Å². The molecule has 9 heteroatoms. The lowest BCUT2D eigenvalue weighted by molar-refractivity contribution is 0.789. The Morgan fingerprint density at radius 3 is 2.70 bits per heavy atom. The van der Waals surface area contributed by atoms with Crippen LogP contribution in [0.4, 0.5) is 17.5 Å². The average molecular weight is 419 g/mol. The molecule has 1 aliphatic heterocycles. The van der Waals surface area contributed by atoms with E-state index in [9.17, 15) is 0 Å². The smallest absolute Gasteiger partial charge is 0.162 e. The summed E-state index contributed by atoms with van der Waals surface area (Å²) in [7, 11) is 0. The lowest BCUT2D eigenvalue weighted by atomic mass is 10.2. The van der Waals surface area contributed by atoms with E-state index in [1.165, 1.54) is 0 Å². The van der Waals surface area contributed by atoms with Gasteiger partial charge < -0.3 is 16.0 Å². The second-order valence-corrected chi connectivity index (χ2v) is 7.47.